The fourth-order valence-electron chi connectivity index (χ4n) is 3.87. The van der Waals surface area contributed by atoms with E-state index >= 15 is 0 Å². The van der Waals surface area contributed by atoms with E-state index in [0.29, 0.717) is 12.6 Å². The second-order valence-corrected chi connectivity index (χ2v) is 8.19. The maximum atomic E-state index is 6.14. The summed E-state index contributed by atoms with van der Waals surface area (Å²) in [5.74, 6) is 0. The van der Waals surface area contributed by atoms with Gasteiger partial charge in [0, 0.05) is 38.8 Å². The van der Waals surface area contributed by atoms with Crippen LogP contribution in [0, 0.1) is 0 Å². The molecule has 2 aliphatic heterocycles. The van der Waals surface area contributed by atoms with Crippen LogP contribution in [0.5, 0.6) is 0 Å². The van der Waals surface area contributed by atoms with Gasteiger partial charge in [-0.2, -0.15) is 0 Å². The number of fused-ring (bicyclic) bond motifs is 1. The largest absolute Gasteiger partial charge is 0.379 e. The average Bonchev–Trinajstić information content (AvgIpc) is 2.91. The van der Waals surface area contributed by atoms with Crippen LogP contribution in [-0.4, -0.2) is 55.7 Å². The molecule has 4 heteroatoms. The molecule has 0 saturated carbocycles. The molecule has 0 aliphatic carbocycles. The number of rotatable bonds is 5. The van der Waals surface area contributed by atoms with E-state index in [0.717, 1.165) is 39.4 Å². The van der Waals surface area contributed by atoms with Crippen LogP contribution in [0.3, 0.4) is 0 Å². The molecule has 0 bridgehead atoms. The van der Waals surface area contributed by atoms with E-state index in [1.54, 1.807) is 0 Å². The van der Waals surface area contributed by atoms with Crippen LogP contribution in [0.4, 0.5) is 0 Å². The molecule has 2 aliphatic rings. The summed E-state index contributed by atoms with van der Waals surface area (Å²) in [7, 11) is 0. The summed E-state index contributed by atoms with van der Waals surface area (Å²) >= 11 is 0. The number of benzene rings is 1. The summed E-state index contributed by atoms with van der Waals surface area (Å²) in [6, 6.07) is 7.39. The maximum Gasteiger partial charge on any atom is 0.0594 e. The second kappa shape index (κ2) is 7.52. The molecule has 1 aromatic rings. The van der Waals surface area contributed by atoms with E-state index in [4.69, 9.17) is 10.5 Å². The first-order valence-electron chi connectivity index (χ1n) is 9.36. The number of hydrogen-bond donors (Lipinski definition) is 1. The normalized spacial score (nSPS) is 22.8. The molecule has 1 saturated heterocycles. The Labute approximate surface area is 147 Å². The van der Waals surface area contributed by atoms with Gasteiger partial charge in [0.05, 0.1) is 13.2 Å². The van der Waals surface area contributed by atoms with E-state index in [2.05, 4.69) is 48.8 Å². The third-order valence-corrected chi connectivity index (χ3v) is 5.43. The fourth-order valence-corrected chi connectivity index (χ4v) is 3.87. The lowest BCUT2D eigenvalue weighted by Gasteiger charge is -2.29. The van der Waals surface area contributed by atoms with Crippen molar-refractivity contribution in [1.82, 2.24) is 9.80 Å². The number of hydrogen-bond acceptors (Lipinski definition) is 4. The van der Waals surface area contributed by atoms with Gasteiger partial charge in [-0.25, -0.2) is 0 Å². The van der Waals surface area contributed by atoms with Gasteiger partial charge in [-0.1, -0.05) is 39.0 Å². The zero-order chi connectivity index (χ0) is 17.2. The van der Waals surface area contributed by atoms with Crippen molar-refractivity contribution >= 4 is 0 Å². The monoisotopic (exact) mass is 331 g/mol. The molecular weight excluding hydrogens is 298 g/mol. The molecule has 1 atom stereocenters. The summed E-state index contributed by atoms with van der Waals surface area (Å²) in [6.07, 6.45) is 1.20. The first-order valence-corrected chi connectivity index (χ1v) is 9.36. The molecule has 1 fully saturated rings. The van der Waals surface area contributed by atoms with Crippen molar-refractivity contribution in [3.63, 3.8) is 0 Å². The van der Waals surface area contributed by atoms with Gasteiger partial charge in [0.2, 0.25) is 0 Å². The summed E-state index contributed by atoms with van der Waals surface area (Å²) in [5.41, 5.74) is 10.7. The highest BCUT2D eigenvalue weighted by molar-refractivity contribution is 5.40. The molecule has 0 spiro atoms. The summed E-state index contributed by atoms with van der Waals surface area (Å²) in [6.45, 7) is 14.8. The van der Waals surface area contributed by atoms with E-state index in [1.165, 1.54) is 29.7 Å². The van der Waals surface area contributed by atoms with Gasteiger partial charge >= 0.3 is 0 Å². The highest BCUT2D eigenvalue weighted by Gasteiger charge is 2.30. The van der Waals surface area contributed by atoms with Crippen LogP contribution in [0.2, 0.25) is 0 Å². The molecule has 1 aromatic carbocycles. The average molecular weight is 332 g/mol. The Morgan fingerprint density at radius 2 is 1.92 bits per heavy atom. The third kappa shape index (κ3) is 3.99. The zero-order valence-electron chi connectivity index (χ0n) is 15.6. The van der Waals surface area contributed by atoms with Crippen molar-refractivity contribution in [1.29, 1.82) is 0 Å². The zero-order valence-corrected chi connectivity index (χ0v) is 15.6. The van der Waals surface area contributed by atoms with Crippen molar-refractivity contribution in [2.75, 3.05) is 45.9 Å². The second-order valence-electron chi connectivity index (χ2n) is 8.19. The van der Waals surface area contributed by atoms with Crippen molar-refractivity contribution in [3.8, 4) is 0 Å². The van der Waals surface area contributed by atoms with Crippen LogP contribution < -0.4 is 5.73 Å². The predicted octanol–water partition coefficient (Wildman–Crippen LogP) is 2.52. The Hall–Kier alpha value is -0.940. The molecular formula is C20H33N3O. The van der Waals surface area contributed by atoms with E-state index in [9.17, 15) is 0 Å². The molecule has 0 aromatic heterocycles. The minimum absolute atomic E-state index is 0.192. The first kappa shape index (κ1) is 17.9. The van der Waals surface area contributed by atoms with Crippen LogP contribution in [0.15, 0.2) is 18.2 Å². The Morgan fingerprint density at radius 3 is 2.58 bits per heavy atom. The maximum absolute atomic E-state index is 6.14. The van der Waals surface area contributed by atoms with E-state index < -0.39 is 0 Å². The SMILES string of the molecule is CC(C)(C)c1ccc2c(c1)C(CN)N(CCCN1CCOCC1)C2. The molecule has 0 radical (unpaired) electrons. The predicted molar refractivity (Wildman–Crippen MR) is 99.2 cm³/mol. The Kier molecular flexibility index (Phi) is 5.60. The molecule has 24 heavy (non-hydrogen) atoms. The van der Waals surface area contributed by atoms with Gasteiger partial charge in [0.25, 0.3) is 0 Å². The standard InChI is InChI=1S/C20H33N3O/c1-20(2,3)17-6-5-16-15-23(19(14-21)18(16)13-17)8-4-7-22-9-11-24-12-10-22/h5-6,13,19H,4,7-12,14-15,21H2,1-3H3. The molecule has 2 heterocycles. The lowest BCUT2D eigenvalue weighted by Crippen LogP contribution is -2.38. The summed E-state index contributed by atoms with van der Waals surface area (Å²) < 4.78 is 5.43. The minimum Gasteiger partial charge on any atom is -0.379 e. The van der Waals surface area contributed by atoms with Crippen LogP contribution in [-0.2, 0) is 16.7 Å². The minimum atomic E-state index is 0.192. The van der Waals surface area contributed by atoms with Crippen molar-refractivity contribution in [2.24, 2.45) is 5.73 Å². The van der Waals surface area contributed by atoms with Gasteiger partial charge < -0.3 is 10.5 Å². The van der Waals surface area contributed by atoms with E-state index in [-0.39, 0.29) is 5.41 Å². The van der Waals surface area contributed by atoms with Crippen LogP contribution in [0.1, 0.15) is 49.9 Å². The van der Waals surface area contributed by atoms with Gasteiger partial charge in [-0.15, -0.1) is 0 Å². The number of nitrogens with two attached hydrogens (primary N) is 1. The smallest absolute Gasteiger partial charge is 0.0594 e. The molecule has 2 N–H and O–H groups in total. The lowest BCUT2D eigenvalue weighted by molar-refractivity contribution is 0.0355. The quantitative estimate of drug-likeness (QED) is 0.900. The molecule has 0 amide bonds. The Balaban J connectivity index is 1.61. The number of ether oxygens (including phenoxy) is 1. The molecule has 1 unspecified atom stereocenters. The fraction of sp³-hybridized carbons (Fsp3) is 0.700. The number of nitrogens with zero attached hydrogens (tertiary/aromatic N) is 2. The highest BCUT2D eigenvalue weighted by Crippen LogP contribution is 2.36. The van der Waals surface area contributed by atoms with Crippen LogP contribution >= 0.6 is 0 Å². The van der Waals surface area contributed by atoms with E-state index in [1.807, 2.05) is 0 Å². The Morgan fingerprint density at radius 1 is 1.17 bits per heavy atom. The highest BCUT2D eigenvalue weighted by atomic mass is 16.5. The summed E-state index contributed by atoms with van der Waals surface area (Å²) in [5, 5.41) is 0. The number of morpholine rings is 1. The lowest BCUT2D eigenvalue weighted by atomic mass is 9.85. The van der Waals surface area contributed by atoms with Gasteiger partial charge in [-0.3, -0.25) is 9.80 Å². The van der Waals surface area contributed by atoms with Crippen LogP contribution in [0.25, 0.3) is 0 Å². The summed E-state index contributed by atoms with van der Waals surface area (Å²) in [4.78, 5) is 5.08. The molecule has 4 nitrogen and oxygen atoms in total. The van der Waals surface area contributed by atoms with Gasteiger partial charge in [-0.05, 0) is 35.1 Å². The Bertz CT molecular complexity index is 546. The topological polar surface area (TPSA) is 41.7 Å². The third-order valence-electron chi connectivity index (χ3n) is 5.43. The molecule has 134 valence electrons. The van der Waals surface area contributed by atoms with Gasteiger partial charge in [0.1, 0.15) is 0 Å². The first-order chi connectivity index (χ1) is 11.5. The van der Waals surface area contributed by atoms with Crippen molar-refractivity contribution in [2.45, 2.75) is 45.2 Å². The van der Waals surface area contributed by atoms with Crippen molar-refractivity contribution in [3.05, 3.63) is 34.9 Å². The van der Waals surface area contributed by atoms with Gasteiger partial charge in [0.15, 0.2) is 0 Å². The van der Waals surface area contributed by atoms with Crippen molar-refractivity contribution < 1.29 is 4.74 Å². The molecule has 3 rings (SSSR count).